The molecule has 26 heavy (non-hydrogen) atoms. The molecule has 1 aliphatic rings. The fourth-order valence-corrected chi connectivity index (χ4v) is 2.88. The molecule has 0 bridgehead atoms. The molecule has 1 aliphatic carbocycles. The minimum Gasteiger partial charge on any atom is -0.360 e. The van der Waals surface area contributed by atoms with Crippen LogP contribution in [-0.4, -0.2) is 25.4 Å². The highest BCUT2D eigenvalue weighted by molar-refractivity contribution is 6.03. The van der Waals surface area contributed by atoms with Crippen LogP contribution in [0.1, 0.15) is 35.0 Å². The van der Waals surface area contributed by atoms with E-state index in [1.165, 1.54) is 0 Å². The molecule has 0 saturated heterocycles. The third kappa shape index (κ3) is 2.73. The van der Waals surface area contributed by atoms with Crippen molar-refractivity contribution in [3.8, 4) is 11.3 Å². The summed E-state index contributed by atoms with van der Waals surface area (Å²) in [6.45, 7) is 0. The van der Waals surface area contributed by atoms with Crippen molar-refractivity contribution in [2.24, 2.45) is 0 Å². The van der Waals surface area contributed by atoms with E-state index in [9.17, 15) is 4.79 Å². The Morgan fingerprint density at radius 1 is 1.23 bits per heavy atom. The number of imidazole rings is 1. The normalized spacial score (nSPS) is 13.8. The van der Waals surface area contributed by atoms with E-state index >= 15 is 0 Å². The van der Waals surface area contributed by atoms with Gasteiger partial charge in [0.1, 0.15) is 5.76 Å². The van der Waals surface area contributed by atoms with Crippen LogP contribution in [0.2, 0.25) is 0 Å². The van der Waals surface area contributed by atoms with Gasteiger partial charge in [0.2, 0.25) is 5.78 Å². The average molecular weight is 345 g/mol. The number of benzene rings is 1. The van der Waals surface area contributed by atoms with Gasteiger partial charge in [-0.25, -0.2) is 9.97 Å². The summed E-state index contributed by atoms with van der Waals surface area (Å²) in [5.74, 6) is 1.57. The largest absolute Gasteiger partial charge is 0.360 e. The van der Waals surface area contributed by atoms with Crippen LogP contribution in [0.5, 0.6) is 0 Å². The van der Waals surface area contributed by atoms with E-state index in [4.69, 9.17) is 4.52 Å². The highest BCUT2D eigenvalue weighted by Crippen LogP contribution is 2.40. The van der Waals surface area contributed by atoms with Crippen molar-refractivity contribution in [3.05, 3.63) is 66.4 Å². The summed E-state index contributed by atoms with van der Waals surface area (Å²) in [5, 5.41) is 6.74. The number of anilines is 1. The van der Waals surface area contributed by atoms with E-state index in [0.717, 1.165) is 29.9 Å². The first-order chi connectivity index (χ1) is 12.8. The molecule has 1 saturated carbocycles. The minimum absolute atomic E-state index is 0.283. The summed E-state index contributed by atoms with van der Waals surface area (Å²) < 4.78 is 7.10. The molecule has 1 amide bonds. The van der Waals surface area contributed by atoms with Crippen molar-refractivity contribution >= 4 is 17.4 Å². The monoisotopic (exact) mass is 345 g/mol. The third-order valence-corrected chi connectivity index (χ3v) is 4.39. The van der Waals surface area contributed by atoms with Gasteiger partial charge >= 0.3 is 0 Å². The van der Waals surface area contributed by atoms with E-state index in [2.05, 4.69) is 20.4 Å². The fourth-order valence-electron chi connectivity index (χ4n) is 2.88. The Hall–Kier alpha value is -3.48. The molecule has 0 spiro atoms. The van der Waals surface area contributed by atoms with E-state index < -0.39 is 0 Å². The molecule has 0 aliphatic heterocycles. The molecule has 7 nitrogen and oxygen atoms in total. The second kappa shape index (κ2) is 5.80. The van der Waals surface area contributed by atoms with Crippen LogP contribution >= 0.6 is 0 Å². The first-order valence-corrected chi connectivity index (χ1v) is 8.44. The lowest BCUT2D eigenvalue weighted by molar-refractivity contribution is 0.101. The predicted octanol–water partition coefficient (Wildman–Crippen LogP) is 3.51. The number of aromatic nitrogens is 4. The van der Waals surface area contributed by atoms with Gasteiger partial charge in [-0.1, -0.05) is 17.3 Å². The zero-order valence-corrected chi connectivity index (χ0v) is 13.8. The maximum absolute atomic E-state index is 12.4. The maximum Gasteiger partial charge on any atom is 0.277 e. The Balaban J connectivity index is 1.39. The summed E-state index contributed by atoms with van der Waals surface area (Å²) in [6, 6.07) is 11.1. The summed E-state index contributed by atoms with van der Waals surface area (Å²) in [7, 11) is 0. The van der Waals surface area contributed by atoms with Crippen molar-refractivity contribution in [2.75, 3.05) is 5.32 Å². The first kappa shape index (κ1) is 14.8. The second-order valence-electron chi connectivity index (χ2n) is 6.38. The summed E-state index contributed by atoms with van der Waals surface area (Å²) in [4.78, 5) is 21.1. The number of hydrogen-bond acceptors (Lipinski definition) is 5. The quantitative estimate of drug-likeness (QED) is 0.612. The van der Waals surface area contributed by atoms with Crippen LogP contribution in [-0.2, 0) is 0 Å². The van der Waals surface area contributed by atoms with E-state index in [1.54, 1.807) is 12.3 Å². The molecule has 3 heterocycles. The number of fused-ring (bicyclic) bond motifs is 1. The van der Waals surface area contributed by atoms with Gasteiger partial charge in [0.15, 0.2) is 5.69 Å². The number of carbonyl (C=O) groups excluding carboxylic acids is 1. The van der Waals surface area contributed by atoms with Gasteiger partial charge in [-0.2, -0.15) is 0 Å². The molecule has 3 aromatic heterocycles. The summed E-state index contributed by atoms with van der Waals surface area (Å²) in [5.41, 5.74) is 2.66. The summed E-state index contributed by atoms with van der Waals surface area (Å²) in [6.07, 6.45) is 7.71. The minimum atomic E-state index is -0.283. The number of hydrogen-bond donors (Lipinski definition) is 1. The zero-order valence-electron chi connectivity index (χ0n) is 13.8. The summed E-state index contributed by atoms with van der Waals surface area (Å²) >= 11 is 0. The Morgan fingerprint density at radius 2 is 2.15 bits per heavy atom. The maximum atomic E-state index is 12.4. The highest BCUT2D eigenvalue weighted by atomic mass is 16.5. The molecule has 4 aromatic rings. The Kier molecular flexibility index (Phi) is 3.31. The standard InChI is InChI=1S/C19H15N5O2/c25-18(15-10-17(26-23-15)12-5-6-12)21-14-4-1-3-13(9-14)16-11-24-8-2-7-20-19(24)22-16/h1-4,7-12H,5-6H2,(H,21,25). The molecule has 1 aromatic carbocycles. The van der Waals surface area contributed by atoms with Gasteiger partial charge in [-0.3, -0.25) is 9.20 Å². The molecule has 7 heteroatoms. The number of carbonyl (C=O) groups is 1. The van der Waals surface area contributed by atoms with Gasteiger partial charge < -0.3 is 9.84 Å². The smallest absolute Gasteiger partial charge is 0.277 e. The average Bonchev–Trinajstić information content (AvgIpc) is 3.22. The zero-order chi connectivity index (χ0) is 17.5. The van der Waals surface area contributed by atoms with Gasteiger partial charge in [-0.15, -0.1) is 0 Å². The van der Waals surface area contributed by atoms with Crippen molar-refractivity contribution < 1.29 is 9.32 Å². The van der Waals surface area contributed by atoms with Crippen LogP contribution in [0.3, 0.4) is 0 Å². The Bertz CT molecular complexity index is 1080. The molecule has 1 N–H and O–H groups in total. The lowest BCUT2D eigenvalue weighted by Gasteiger charge is -2.04. The molecular weight excluding hydrogens is 330 g/mol. The van der Waals surface area contributed by atoms with Crippen LogP contribution < -0.4 is 5.32 Å². The first-order valence-electron chi connectivity index (χ1n) is 8.44. The molecule has 0 radical (unpaired) electrons. The van der Waals surface area contributed by atoms with Crippen molar-refractivity contribution in [2.45, 2.75) is 18.8 Å². The molecule has 1 fully saturated rings. The highest BCUT2D eigenvalue weighted by Gasteiger charge is 2.28. The number of nitrogens with one attached hydrogen (secondary N) is 1. The van der Waals surface area contributed by atoms with Crippen LogP contribution in [0.4, 0.5) is 5.69 Å². The number of amides is 1. The molecular formula is C19H15N5O2. The molecule has 0 unspecified atom stereocenters. The molecule has 128 valence electrons. The lowest BCUT2D eigenvalue weighted by atomic mass is 10.1. The van der Waals surface area contributed by atoms with Gasteiger partial charge in [-0.05, 0) is 31.0 Å². The molecule has 0 atom stereocenters. The van der Waals surface area contributed by atoms with Crippen molar-refractivity contribution in [1.29, 1.82) is 0 Å². The van der Waals surface area contributed by atoms with Crippen LogP contribution in [0.25, 0.3) is 17.0 Å². The van der Waals surface area contributed by atoms with Gasteiger partial charge in [0.25, 0.3) is 5.91 Å². The van der Waals surface area contributed by atoms with Crippen LogP contribution in [0.15, 0.2) is 59.5 Å². The predicted molar refractivity (Wildman–Crippen MR) is 94.9 cm³/mol. The van der Waals surface area contributed by atoms with E-state index in [1.807, 2.05) is 47.1 Å². The van der Waals surface area contributed by atoms with E-state index in [-0.39, 0.29) is 5.91 Å². The molecule has 5 rings (SSSR count). The number of nitrogens with zero attached hydrogens (tertiary/aromatic N) is 4. The topological polar surface area (TPSA) is 85.3 Å². The van der Waals surface area contributed by atoms with Crippen molar-refractivity contribution in [3.63, 3.8) is 0 Å². The van der Waals surface area contributed by atoms with Gasteiger partial charge in [0.05, 0.1) is 5.69 Å². The Labute approximate surface area is 148 Å². The third-order valence-electron chi connectivity index (χ3n) is 4.39. The SMILES string of the molecule is O=C(Nc1cccc(-c2cn3cccnc3n2)c1)c1cc(C2CC2)on1. The second-order valence-corrected chi connectivity index (χ2v) is 6.38. The van der Waals surface area contributed by atoms with Gasteiger partial charge in [0, 0.05) is 41.8 Å². The van der Waals surface area contributed by atoms with E-state index in [0.29, 0.717) is 23.1 Å². The Morgan fingerprint density at radius 3 is 3.00 bits per heavy atom. The van der Waals surface area contributed by atoms with Crippen LogP contribution in [0, 0.1) is 0 Å². The number of rotatable bonds is 4. The van der Waals surface area contributed by atoms with Crippen molar-refractivity contribution in [1.82, 2.24) is 19.5 Å². The lowest BCUT2D eigenvalue weighted by Crippen LogP contribution is -2.12. The fraction of sp³-hybridized carbons (Fsp3) is 0.158.